The molecule has 2 heterocycles. The Balaban J connectivity index is 0.00000392. The molecule has 6 nitrogen and oxygen atoms in total. The molecule has 1 atom stereocenters. The maximum Gasteiger partial charge on any atom is 0.191 e. The van der Waals surface area contributed by atoms with Crippen molar-refractivity contribution in [2.75, 3.05) is 66.6 Å². The van der Waals surface area contributed by atoms with Gasteiger partial charge in [-0.15, -0.1) is 35.3 Å². The van der Waals surface area contributed by atoms with Gasteiger partial charge < -0.3 is 20.3 Å². The number of guanidine groups is 1. The van der Waals surface area contributed by atoms with E-state index < -0.39 is 0 Å². The second-order valence-corrected chi connectivity index (χ2v) is 9.14. The molecule has 1 unspecified atom stereocenters. The molecule has 1 saturated heterocycles. The van der Waals surface area contributed by atoms with Crippen molar-refractivity contribution >= 4 is 41.3 Å². The Morgan fingerprint density at radius 1 is 1.32 bits per heavy atom. The highest BCUT2D eigenvalue weighted by Crippen LogP contribution is 2.25. The average Bonchev–Trinajstić information content (AvgIpc) is 3.14. The zero-order valence-electron chi connectivity index (χ0n) is 18.0. The molecule has 8 heteroatoms. The Labute approximate surface area is 192 Å². The van der Waals surface area contributed by atoms with E-state index >= 15 is 0 Å². The average molecular weight is 524 g/mol. The first-order chi connectivity index (χ1) is 12.9. The number of nitrogens with one attached hydrogen (secondary N) is 2. The molecule has 1 aromatic rings. The summed E-state index contributed by atoms with van der Waals surface area (Å²) >= 11 is 1.83. The summed E-state index contributed by atoms with van der Waals surface area (Å²) in [5, 5.41) is 9.14. The van der Waals surface area contributed by atoms with E-state index in [0.717, 1.165) is 58.4 Å². The molecule has 0 radical (unpaired) electrons. The Hall–Kier alpha value is -0.420. The second kappa shape index (κ2) is 13.0. The number of ether oxygens (including phenoxy) is 1. The molecule has 1 aromatic heterocycles. The molecule has 162 valence electrons. The number of hydrogen-bond acceptors (Lipinski definition) is 5. The summed E-state index contributed by atoms with van der Waals surface area (Å²) in [5.74, 6) is 0.902. The number of nitrogens with zero attached hydrogens (tertiary/aromatic N) is 3. The molecule has 1 aliphatic rings. The monoisotopic (exact) mass is 523 g/mol. The van der Waals surface area contributed by atoms with Crippen LogP contribution in [0.25, 0.3) is 0 Å². The molecule has 0 amide bonds. The third kappa shape index (κ3) is 8.94. The SMILES string of the molecule is CCNC(=NCC(C)(C)CN(C)C)NCC(c1cccs1)N1CCOCC1.I. The molecule has 0 aliphatic carbocycles. The number of thiophene rings is 1. The van der Waals surface area contributed by atoms with Crippen molar-refractivity contribution in [1.82, 2.24) is 20.4 Å². The highest BCUT2D eigenvalue weighted by Gasteiger charge is 2.24. The van der Waals surface area contributed by atoms with Crippen molar-refractivity contribution in [3.05, 3.63) is 22.4 Å². The molecular formula is C20H38IN5OS. The van der Waals surface area contributed by atoms with Gasteiger partial charge in [-0.05, 0) is 37.9 Å². The molecular weight excluding hydrogens is 485 g/mol. The van der Waals surface area contributed by atoms with Crippen LogP contribution in [0.15, 0.2) is 22.5 Å². The van der Waals surface area contributed by atoms with Gasteiger partial charge in [0.2, 0.25) is 0 Å². The van der Waals surface area contributed by atoms with Gasteiger partial charge in [-0.3, -0.25) is 9.89 Å². The predicted molar refractivity (Wildman–Crippen MR) is 131 cm³/mol. The summed E-state index contributed by atoms with van der Waals surface area (Å²) in [7, 11) is 4.23. The minimum Gasteiger partial charge on any atom is -0.379 e. The van der Waals surface area contributed by atoms with E-state index in [1.807, 2.05) is 11.3 Å². The lowest BCUT2D eigenvalue weighted by atomic mass is 9.93. The third-order valence-electron chi connectivity index (χ3n) is 4.57. The number of halogens is 1. The van der Waals surface area contributed by atoms with Crippen LogP contribution in [0.3, 0.4) is 0 Å². The fraction of sp³-hybridized carbons (Fsp3) is 0.750. The van der Waals surface area contributed by atoms with E-state index in [4.69, 9.17) is 9.73 Å². The molecule has 0 aromatic carbocycles. The van der Waals surface area contributed by atoms with Crippen molar-refractivity contribution in [2.24, 2.45) is 10.4 Å². The van der Waals surface area contributed by atoms with Crippen LogP contribution in [0.5, 0.6) is 0 Å². The summed E-state index contributed by atoms with van der Waals surface area (Å²) in [4.78, 5) is 11.0. The highest BCUT2D eigenvalue weighted by molar-refractivity contribution is 14.0. The van der Waals surface area contributed by atoms with E-state index in [1.54, 1.807) is 0 Å². The molecule has 1 fully saturated rings. The van der Waals surface area contributed by atoms with Crippen molar-refractivity contribution in [2.45, 2.75) is 26.8 Å². The van der Waals surface area contributed by atoms with Gasteiger partial charge in [-0.25, -0.2) is 0 Å². The highest BCUT2D eigenvalue weighted by atomic mass is 127. The topological polar surface area (TPSA) is 52.1 Å². The predicted octanol–water partition coefficient (Wildman–Crippen LogP) is 2.88. The first kappa shape index (κ1) is 25.6. The Bertz CT molecular complexity index is 559. The van der Waals surface area contributed by atoms with Gasteiger partial charge in [0.15, 0.2) is 5.96 Å². The van der Waals surface area contributed by atoms with Gasteiger partial charge in [0, 0.05) is 44.1 Å². The van der Waals surface area contributed by atoms with Crippen molar-refractivity contribution in [1.29, 1.82) is 0 Å². The number of morpholine rings is 1. The maximum absolute atomic E-state index is 5.54. The van der Waals surface area contributed by atoms with Gasteiger partial charge in [0.25, 0.3) is 0 Å². The van der Waals surface area contributed by atoms with Crippen LogP contribution < -0.4 is 10.6 Å². The van der Waals surface area contributed by atoms with Gasteiger partial charge >= 0.3 is 0 Å². The lowest BCUT2D eigenvalue weighted by Gasteiger charge is -2.34. The summed E-state index contributed by atoms with van der Waals surface area (Å²) in [6, 6.07) is 4.72. The summed E-state index contributed by atoms with van der Waals surface area (Å²) < 4.78 is 5.54. The first-order valence-corrected chi connectivity index (χ1v) is 10.8. The first-order valence-electron chi connectivity index (χ1n) is 9.93. The molecule has 0 bridgehead atoms. The smallest absolute Gasteiger partial charge is 0.191 e. The van der Waals surface area contributed by atoms with Crippen molar-refractivity contribution in [3.63, 3.8) is 0 Å². The van der Waals surface area contributed by atoms with Crippen LogP contribution in [-0.4, -0.2) is 82.3 Å². The fourth-order valence-electron chi connectivity index (χ4n) is 3.51. The zero-order chi connectivity index (χ0) is 19.7. The van der Waals surface area contributed by atoms with Gasteiger partial charge in [0.05, 0.1) is 19.3 Å². The molecule has 2 rings (SSSR count). The van der Waals surface area contributed by atoms with Crippen LogP contribution in [0.2, 0.25) is 0 Å². The Morgan fingerprint density at radius 3 is 2.61 bits per heavy atom. The van der Waals surface area contributed by atoms with E-state index in [1.165, 1.54) is 4.88 Å². The quantitative estimate of drug-likeness (QED) is 0.296. The van der Waals surface area contributed by atoms with Crippen LogP contribution in [0.1, 0.15) is 31.7 Å². The summed E-state index contributed by atoms with van der Waals surface area (Å²) in [6.07, 6.45) is 0. The normalized spacial score (nSPS) is 17.3. The standard InChI is InChI=1S/C20H37N5OS.HI/c1-6-21-19(23-15-20(2,3)16-24(4)5)22-14-17(18-8-7-13-27-18)25-9-11-26-12-10-25;/h7-8,13,17H,6,9-12,14-16H2,1-5H3,(H2,21,22,23);1H. The fourth-order valence-corrected chi connectivity index (χ4v) is 4.37. The second-order valence-electron chi connectivity index (χ2n) is 8.16. The lowest BCUT2D eigenvalue weighted by Crippen LogP contribution is -2.46. The largest absolute Gasteiger partial charge is 0.379 e. The maximum atomic E-state index is 5.54. The van der Waals surface area contributed by atoms with E-state index in [9.17, 15) is 0 Å². The van der Waals surface area contributed by atoms with Gasteiger partial charge in [-0.2, -0.15) is 0 Å². The summed E-state index contributed by atoms with van der Waals surface area (Å²) in [6.45, 7) is 13.8. The third-order valence-corrected chi connectivity index (χ3v) is 5.55. The van der Waals surface area contributed by atoms with Crippen molar-refractivity contribution in [3.8, 4) is 0 Å². The molecule has 1 aliphatic heterocycles. The van der Waals surface area contributed by atoms with E-state index in [2.05, 4.69) is 72.8 Å². The molecule has 28 heavy (non-hydrogen) atoms. The minimum absolute atomic E-state index is 0. The minimum atomic E-state index is 0. The number of hydrogen-bond donors (Lipinski definition) is 2. The number of rotatable bonds is 9. The lowest BCUT2D eigenvalue weighted by molar-refractivity contribution is 0.0177. The Kier molecular flexibility index (Phi) is 11.9. The molecule has 2 N–H and O–H groups in total. The molecule has 0 saturated carbocycles. The molecule has 0 spiro atoms. The van der Waals surface area contributed by atoms with Gasteiger partial charge in [-0.1, -0.05) is 19.9 Å². The van der Waals surface area contributed by atoms with Crippen LogP contribution in [-0.2, 0) is 4.74 Å². The van der Waals surface area contributed by atoms with Crippen LogP contribution in [0.4, 0.5) is 0 Å². The summed E-state index contributed by atoms with van der Waals surface area (Å²) in [5.41, 5.74) is 0.142. The van der Waals surface area contributed by atoms with Crippen LogP contribution in [0, 0.1) is 5.41 Å². The van der Waals surface area contributed by atoms with Crippen molar-refractivity contribution < 1.29 is 4.74 Å². The van der Waals surface area contributed by atoms with Gasteiger partial charge in [0.1, 0.15) is 0 Å². The van der Waals surface area contributed by atoms with E-state index in [0.29, 0.717) is 6.04 Å². The van der Waals surface area contributed by atoms with E-state index in [-0.39, 0.29) is 29.4 Å². The van der Waals surface area contributed by atoms with Crippen LogP contribution >= 0.6 is 35.3 Å². The Morgan fingerprint density at radius 2 is 2.04 bits per heavy atom. The number of aliphatic imine (C=N–C) groups is 1. The zero-order valence-corrected chi connectivity index (χ0v) is 21.2.